The van der Waals surface area contributed by atoms with Crippen molar-refractivity contribution in [3.05, 3.63) is 78.1 Å². The highest BCUT2D eigenvalue weighted by molar-refractivity contribution is 6.05. The minimum Gasteiger partial charge on any atom is -0.497 e. The van der Waals surface area contributed by atoms with Crippen molar-refractivity contribution >= 4 is 28.9 Å². The second-order valence-corrected chi connectivity index (χ2v) is 5.85. The monoisotopic (exact) mass is 377 g/mol. The Balaban J connectivity index is 1.74. The number of nitrogens with one attached hydrogen (secondary N) is 2. The van der Waals surface area contributed by atoms with Crippen LogP contribution in [0.2, 0.25) is 0 Å². The number of aromatic nitrogens is 1. The van der Waals surface area contributed by atoms with Gasteiger partial charge in [0.2, 0.25) is 0 Å². The van der Waals surface area contributed by atoms with E-state index in [1.807, 2.05) is 24.3 Å². The first-order chi connectivity index (χ1) is 13.6. The van der Waals surface area contributed by atoms with Crippen LogP contribution < -0.4 is 15.4 Å². The largest absolute Gasteiger partial charge is 0.497 e. The van der Waals surface area contributed by atoms with Crippen molar-refractivity contribution in [3.8, 4) is 5.75 Å². The maximum Gasteiger partial charge on any atom is 0.337 e. The smallest absolute Gasteiger partial charge is 0.337 e. The number of pyridine rings is 1. The molecule has 7 heteroatoms. The van der Waals surface area contributed by atoms with E-state index < -0.39 is 5.97 Å². The molecule has 0 fully saturated rings. The third-order valence-electron chi connectivity index (χ3n) is 3.90. The molecule has 2 aromatic carbocycles. The SMILES string of the molecule is COC(=O)c1cccc(NC(=O)c2cncc(Nc3cccc(OC)c3)c2)c1. The van der Waals surface area contributed by atoms with Gasteiger partial charge >= 0.3 is 5.97 Å². The van der Waals surface area contributed by atoms with Crippen molar-refractivity contribution in [3.63, 3.8) is 0 Å². The van der Waals surface area contributed by atoms with Gasteiger partial charge in [0.1, 0.15) is 5.75 Å². The molecule has 28 heavy (non-hydrogen) atoms. The zero-order valence-electron chi connectivity index (χ0n) is 15.4. The molecule has 0 spiro atoms. The Bertz CT molecular complexity index is 1000. The molecule has 3 rings (SSSR count). The fourth-order valence-corrected chi connectivity index (χ4v) is 2.54. The van der Waals surface area contributed by atoms with Crippen LogP contribution in [0.15, 0.2) is 67.0 Å². The number of anilines is 3. The summed E-state index contributed by atoms with van der Waals surface area (Å²) in [7, 11) is 2.90. The lowest BCUT2D eigenvalue weighted by molar-refractivity contribution is 0.0600. The molecule has 7 nitrogen and oxygen atoms in total. The van der Waals surface area contributed by atoms with E-state index in [9.17, 15) is 9.59 Å². The topological polar surface area (TPSA) is 89.5 Å². The molecule has 0 bridgehead atoms. The van der Waals surface area contributed by atoms with Crippen LogP contribution >= 0.6 is 0 Å². The van der Waals surface area contributed by atoms with E-state index >= 15 is 0 Å². The second-order valence-electron chi connectivity index (χ2n) is 5.85. The van der Waals surface area contributed by atoms with Gasteiger partial charge in [0.15, 0.2) is 0 Å². The fraction of sp³-hybridized carbons (Fsp3) is 0.0952. The Morgan fingerprint density at radius 2 is 1.61 bits per heavy atom. The van der Waals surface area contributed by atoms with E-state index in [0.29, 0.717) is 22.5 Å². The maximum atomic E-state index is 12.6. The molecule has 0 atom stereocenters. The van der Waals surface area contributed by atoms with Crippen LogP contribution in [0, 0.1) is 0 Å². The number of esters is 1. The molecule has 142 valence electrons. The Morgan fingerprint density at radius 1 is 0.857 bits per heavy atom. The molecule has 2 N–H and O–H groups in total. The van der Waals surface area contributed by atoms with Crippen molar-refractivity contribution in [1.29, 1.82) is 0 Å². The maximum absolute atomic E-state index is 12.6. The number of carbonyl (C=O) groups is 2. The van der Waals surface area contributed by atoms with Crippen molar-refractivity contribution in [2.75, 3.05) is 24.9 Å². The van der Waals surface area contributed by atoms with E-state index in [4.69, 9.17) is 9.47 Å². The number of methoxy groups -OCH3 is 2. The normalized spacial score (nSPS) is 10.1. The number of nitrogens with zero attached hydrogens (tertiary/aromatic N) is 1. The summed E-state index contributed by atoms with van der Waals surface area (Å²) in [5, 5.41) is 5.94. The van der Waals surface area contributed by atoms with Crippen LogP contribution in [0.1, 0.15) is 20.7 Å². The summed E-state index contributed by atoms with van der Waals surface area (Å²) < 4.78 is 9.89. The van der Waals surface area contributed by atoms with Crippen LogP contribution in [0.3, 0.4) is 0 Å². The van der Waals surface area contributed by atoms with Gasteiger partial charge in [0, 0.05) is 23.6 Å². The third kappa shape index (κ3) is 4.64. The quantitative estimate of drug-likeness (QED) is 0.634. The van der Waals surface area contributed by atoms with Gasteiger partial charge in [-0.2, -0.15) is 0 Å². The van der Waals surface area contributed by atoms with Gasteiger partial charge in [-0.05, 0) is 36.4 Å². The summed E-state index contributed by atoms with van der Waals surface area (Å²) in [6.45, 7) is 0. The van der Waals surface area contributed by atoms with E-state index in [2.05, 4.69) is 15.6 Å². The highest BCUT2D eigenvalue weighted by Gasteiger charge is 2.10. The van der Waals surface area contributed by atoms with Crippen LogP contribution in [0.4, 0.5) is 17.1 Å². The molecule has 0 unspecified atom stereocenters. The van der Waals surface area contributed by atoms with E-state index in [0.717, 1.165) is 11.4 Å². The molecule has 0 aliphatic heterocycles. The lowest BCUT2D eigenvalue weighted by atomic mass is 10.2. The van der Waals surface area contributed by atoms with E-state index in [-0.39, 0.29) is 5.91 Å². The Kier molecular flexibility index (Phi) is 5.86. The van der Waals surface area contributed by atoms with Crippen molar-refractivity contribution in [1.82, 2.24) is 4.98 Å². The van der Waals surface area contributed by atoms with Crippen LogP contribution in [0.5, 0.6) is 5.75 Å². The highest BCUT2D eigenvalue weighted by Crippen LogP contribution is 2.22. The first kappa shape index (κ1) is 18.9. The summed E-state index contributed by atoms with van der Waals surface area (Å²) in [6, 6.07) is 15.6. The predicted molar refractivity (Wildman–Crippen MR) is 106 cm³/mol. The predicted octanol–water partition coefficient (Wildman–Crippen LogP) is 3.87. The standard InChI is InChI=1S/C21H19N3O4/c1-27-19-8-4-7-17(11-19)23-18-10-15(12-22-13-18)20(25)24-16-6-3-5-14(9-16)21(26)28-2/h3-13,23H,1-2H3,(H,24,25). The number of rotatable bonds is 6. The summed E-state index contributed by atoms with van der Waals surface area (Å²) in [5.41, 5.74) is 2.68. The van der Waals surface area contributed by atoms with Crippen LogP contribution in [0.25, 0.3) is 0 Å². The number of ether oxygens (including phenoxy) is 2. The molecular formula is C21H19N3O4. The molecule has 0 aliphatic rings. The van der Waals surface area contributed by atoms with Crippen molar-refractivity contribution in [2.45, 2.75) is 0 Å². The van der Waals surface area contributed by atoms with Crippen LogP contribution in [-0.4, -0.2) is 31.1 Å². The number of hydrogen-bond donors (Lipinski definition) is 2. The van der Waals surface area contributed by atoms with Gasteiger partial charge in [-0.25, -0.2) is 4.79 Å². The van der Waals surface area contributed by atoms with Gasteiger partial charge in [-0.1, -0.05) is 12.1 Å². The Hall–Kier alpha value is -3.87. The summed E-state index contributed by atoms with van der Waals surface area (Å²) >= 11 is 0. The minimum atomic E-state index is -0.470. The van der Waals surface area contributed by atoms with Gasteiger partial charge in [-0.15, -0.1) is 0 Å². The van der Waals surface area contributed by atoms with Gasteiger partial charge in [0.05, 0.1) is 37.2 Å². The summed E-state index contributed by atoms with van der Waals surface area (Å²) in [4.78, 5) is 28.3. The van der Waals surface area contributed by atoms with Gasteiger partial charge < -0.3 is 20.1 Å². The summed E-state index contributed by atoms with van der Waals surface area (Å²) in [5.74, 6) is -0.0941. The molecule has 1 aromatic heterocycles. The number of benzene rings is 2. The molecular weight excluding hydrogens is 358 g/mol. The van der Waals surface area contributed by atoms with Gasteiger partial charge in [-0.3, -0.25) is 9.78 Å². The first-order valence-corrected chi connectivity index (χ1v) is 8.45. The highest BCUT2D eigenvalue weighted by atomic mass is 16.5. The second kappa shape index (κ2) is 8.68. The summed E-state index contributed by atoms with van der Waals surface area (Å²) in [6.07, 6.45) is 3.09. The fourth-order valence-electron chi connectivity index (χ4n) is 2.54. The number of carbonyl (C=O) groups excluding carboxylic acids is 2. The zero-order chi connectivity index (χ0) is 19.9. The molecule has 0 saturated carbocycles. The number of amides is 1. The minimum absolute atomic E-state index is 0.344. The molecule has 0 saturated heterocycles. The van der Waals surface area contributed by atoms with E-state index in [1.165, 1.54) is 13.3 Å². The molecule has 0 aliphatic carbocycles. The van der Waals surface area contributed by atoms with Crippen LogP contribution in [-0.2, 0) is 4.74 Å². The average Bonchev–Trinajstić information content (AvgIpc) is 2.73. The van der Waals surface area contributed by atoms with E-state index in [1.54, 1.807) is 43.6 Å². The van der Waals surface area contributed by atoms with Gasteiger partial charge in [0.25, 0.3) is 5.91 Å². The number of hydrogen-bond acceptors (Lipinski definition) is 6. The van der Waals surface area contributed by atoms with Crippen molar-refractivity contribution < 1.29 is 19.1 Å². The Morgan fingerprint density at radius 3 is 2.39 bits per heavy atom. The molecule has 1 amide bonds. The Labute approximate surface area is 162 Å². The first-order valence-electron chi connectivity index (χ1n) is 8.45. The molecule has 0 radical (unpaired) electrons. The lowest BCUT2D eigenvalue weighted by Gasteiger charge is -2.10. The lowest BCUT2D eigenvalue weighted by Crippen LogP contribution is -2.13. The average molecular weight is 377 g/mol. The zero-order valence-corrected chi connectivity index (χ0v) is 15.4. The third-order valence-corrected chi connectivity index (χ3v) is 3.90. The molecule has 3 aromatic rings. The van der Waals surface area contributed by atoms with Crippen molar-refractivity contribution in [2.24, 2.45) is 0 Å². The molecule has 1 heterocycles.